The van der Waals surface area contributed by atoms with E-state index in [1.165, 1.54) is 12.5 Å². The lowest BCUT2D eigenvalue weighted by atomic mass is 9.65. The summed E-state index contributed by atoms with van der Waals surface area (Å²) in [5, 5.41) is 2.80. The van der Waals surface area contributed by atoms with Gasteiger partial charge in [0.2, 0.25) is 5.91 Å². The van der Waals surface area contributed by atoms with E-state index in [-0.39, 0.29) is 36.8 Å². The van der Waals surface area contributed by atoms with Crippen molar-refractivity contribution in [3.63, 3.8) is 0 Å². The summed E-state index contributed by atoms with van der Waals surface area (Å²) in [5.41, 5.74) is 6.01. The quantitative estimate of drug-likeness (QED) is 0.840. The van der Waals surface area contributed by atoms with E-state index in [9.17, 15) is 18.0 Å². The van der Waals surface area contributed by atoms with Crippen LogP contribution in [0.4, 0.5) is 13.2 Å². The number of halogens is 4. The Morgan fingerprint density at radius 2 is 1.84 bits per heavy atom. The third-order valence-corrected chi connectivity index (χ3v) is 5.50. The van der Waals surface area contributed by atoms with Gasteiger partial charge in [-0.3, -0.25) is 4.79 Å². The molecular formula is C18H24ClF3N2O. The van der Waals surface area contributed by atoms with E-state index in [2.05, 4.69) is 5.32 Å². The number of nitrogens with two attached hydrogens (primary N) is 1. The van der Waals surface area contributed by atoms with Gasteiger partial charge in [0.25, 0.3) is 0 Å². The van der Waals surface area contributed by atoms with E-state index in [1.54, 1.807) is 6.07 Å². The molecule has 7 heteroatoms. The first-order valence-electron chi connectivity index (χ1n) is 8.54. The van der Waals surface area contributed by atoms with Gasteiger partial charge in [0.1, 0.15) is 0 Å². The molecule has 0 aliphatic heterocycles. The molecule has 2 aliphatic rings. The predicted molar refractivity (Wildman–Crippen MR) is 92.1 cm³/mol. The number of benzene rings is 1. The van der Waals surface area contributed by atoms with Gasteiger partial charge in [-0.25, -0.2) is 0 Å². The molecule has 2 fully saturated rings. The lowest BCUT2D eigenvalue weighted by Crippen LogP contribution is -2.49. The standard InChI is InChI=1S/C18H23F3N2O.ClH/c19-18(20,21)15-6-1-3-11(7-15)10-23-17(24)14-8-12-4-2-5-13(9-14)16(12)22;/h1,3,6-7,12-14,16H,2,4-5,8-10,22H2,(H,23,24);1H. The lowest BCUT2D eigenvalue weighted by molar-refractivity contribution is -0.137. The fourth-order valence-electron chi connectivity index (χ4n) is 4.19. The molecule has 2 bridgehead atoms. The summed E-state index contributed by atoms with van der Waals surface area (Å²) < 4.78 is 38.2. The number of rotatable bonds is 3. The first kappa shape index (κ1) is 20.0. The Balaban J connectivity index is 0.00000225. The second-order valence-electron chi connectivity index (χ2n) is 7.11. The van der Waals surface area contributed by atoms with Crippen molar-refractivity contribution >= 4 is 18.3 Å². The number of alkyl halides is 3. The highest BCUT2D eigenvalue weighted by molar-refractivity contribution is 5.85. The van der Waals surface area contributed by atoms with Crippen molar-refractivity contribution in [1.29, 1.82) is 0 Å². The molecule has 1 aromatic rings. The fourth-order valence-corrected chi connectivity index (χ4v) is 4.19. The molecule has 0 saturated heterocycles. The Hall–Kier alpha value is -1.27. The average molecular weight is 377 g/mol. The van der Waals surface area contributed by atoms with Crippen molar-refractivity contribution < 1.29 is 18.0 Å². The maximum absolute atomic E-state index is 12.7. The van der Waals surface area contributed by atoms with E-state index in [1.807, 2.05) is 0 Å². The van der Waals surface area contributed by atoms with Gasteiger partial charge < -0.3 is 11.1 Å². The molecule has 0 heterocycles. The van der Waals surface area contributed by atoms with Gasteiger partial charge in [0.15, 0.2) is 0 Å². The second kappa shape index (κ2) is 7.96. The van der Waals surface area contributed by atoms with Crippen LogP contribution in [-0.4, -0.2) is 11.9 Å². The van der Waals surface area contributed by atoms with Crippen LogP contribution < -0.4 is 11.1 Å². The fraction of sp³-hybridized carbons (Fsp3) is 0.611. The van der Waals surface area contributed by atoms with E-state index in [4.69, 9.17) is 5.73 Å². The highest BCUT2D eigenvalue weighted by Crippen LogP contribution is 2.41. The van der Waals surface area contributed by atoms with Gasteiger partial charge in [0.05, 0.1) is 5.56 Å². The number of fused-ring (bicyclic) bond motifs is 2. The number of hydrogen-bond acceptors (Lipinski definition) is 2. The minimum atomic E-state index is -4.36. The van der Waals surface area contributed by atoms with E-state index in [0.717, 1.165) is 37.8 Å². The largest absolute Gasteiger partial charge is 0.416 e. The van der Waals surface area contributed by atoms with Gasteiger partial charge in [-0.15, -0.1) is 12.4 Å². The van der Waals surface area contributed by atoms with Gasteiger partial charge in [-0.2, -0.15) is 13.2 Å². The summed E-state index contributed by atoms with van der Waals surface area (Å²) in [4.78, 5) is 12.4. The molecule has 2 atom stereocenters. The molecule has 3 N–H and O–H groups in total. The van der Waals surface area contributed by atoms with Crippen LogP contribution in [0.2, 0.25) is 0 Å². The van der Waals surface area contributed by atoms with Gasteiger partial charge in [-0.1, -0.05) is 18.6 Å². The number of carbonyl (C=O) groups excluding carboxylic acids is 1. The molecule has 25 heavy (non-hydrogen) atoms. The monoisotopic (exact) mass is 376 g/mol. The van der Waals surface area contributed by atoms with Crippen molar-refractivity contribution in [2.75, 3.05) is 0 Å². The van der Waals surface area contributed by atoms with Crippen LogP contribution in [-0.2, 0) is 17.5 Å². The molecule has 0 aromatic heterocycles. The Labute approximate surface area is 152 Å². The number of nitrogens with one attached hydrogen (secondary N) is 1. The molecule has 3 nitrogen and oxygen atoms in total. The van der Waals surface area contributed by atoms with E-state index < -0.39 is 11.7 Å². The molecule has 140 valence electrons. The first-order chi connectivity index (χ1) is 11.3. The van der Waals surface area contributed by atoms with Crippen molar-refractivity contribution in [3.05, 3.63) is 35.4 Å². The first-order valence-corrected chi connectivity index (χ1v) is 8.54. The molecule has 0 radical (unpaired) electrons. The number of amides is 1. The maximum Gasteiger partial charge on any atom is 0.416 e. The minimum absolute atomic E-state index is 0. The molecule has 3 rings (SSSR count). The maximum atomic E-state index is 12.7. The zero-order valence-corrected chi connectivity index (χ0v) is 14.7. The summed E-state index contributed by atoms with van der Waals surface area (Å²) in [6.07, 6.45) is 0.570. The Bertz CT molecular complexity index is 594. The SMILES string of the molecule is Cl.NC1C2CCCC1CC(C(=O)NCc1cccc(C(F)(F)F)c1)C2. The van der Waals surface area contributed by atoms with Crippen LogP contribution in [0, 0.1) is 17.8 Å². The number of hydrogen-bond donors (Lipinski definition) is 2. The van der Waals surface area contributed by atoms with Crippen LogP contribution in [0.15, 0.2) is 24.3 Å². The lowest BCUT2D eigenvalue weighted by Gasteiger charge is -2.43. The van der Waals surface area contributed by atoms with E-state index >= 15 is 0 Å². The molecule has 2 unspecified atom stereocenters. The normalized spacial score (nSPS) is 28.8. The Kier molecular flexibility index (Phi) is 6.38. The average Bonchev–Trinajstić information content (AvgIpc) is 2.52. The minimum Gasteiger partial charge on any atom is -0.352 e. The molecule has 1 aromatic carbocycles. The van der Waals surface area contributed by atoms with Crippen molar-refractivity contribution in [2.45, 2.75) is 50.9 Å². The Morgan fingerprint density at radius 3 is 2.44 bits per heavy atom. The number of carbonyl (C=O) groups is 1. The van der Waals surface area contributed by atoms with Crippen molar-refractivity contribution in [2.24, 2.45) is 23.5 Å². The molecule has 1 amide bonds. The smallest absolute Gasteiger partial charge is 0.352 e. The van der Waals surface area contributed by atoms with E-state index in [0.29, 0.717) is 17.4 Å². The second-order valence-corrected chi connectivity index (χ2v) is 7.11. The zero-order valence-electron chi connectivity index (χ0n) is 13.9. The Morgan fingerprint density at radius 1 is 1.20 bits per heavy atom. The zero-order chi connectivity index (χ0) is 17.3. The summed E-state index contributed by atoms with van der Waals surface area (Å²) in [7, 11) is 0. The topological polar surface area (TPSA) is 55.1 Å². The summed E-state index contributed by atoms with van der Waals surface area (Å²) in [6, 6.07) is 5.29. The van der Waals surface area contributed by atoms with Gasteiger partial charge >= 0.3 is 6.18 Å². The van der Waals surface area contributed by atoms with Crippen LogP contribution in [0.3, 0.4) is 0 Å². The molecule has 2 aliphatic carbocycles. The highest BCUT2D eigenvalue weighted by atomic mass is 35.5. The van der Waals surface area contributed by atoms with Crippen LogP contribution in [0.5, 0.6) is 0 Å². The summed E-state index contributed by atoms with van der Waals surface area (Å²) in [6.45, 7) is 0.126. The van der Waals surface area contributed by atoms with Crippen molar-refractivity contribution in [1.82, 2.24) is 5.32 Å². The van der Waals surface area contributed by atoms with Crippen LogP contribution >= 0.6 is 12.4 Å². The molecule has 0 spiro atoms. The van der Waals surface area contributed by atoms with Gasteiger partial charge in [0, 0.05) is 18.5 Å². The highest BCUT2D eigenvalue weighted by Gasteiger charge is 2.40. The summed E-state index contributed by atoms with van der Waals surface area (Å²) in [5.74, 6) is 0.686. The van der Waals surface area contributed by atoms with Crippen LogP contribution in [0.25, 0.3) is 0 Å². The van der Waals surface area contributed by atoms with Crippen molar-refractivity contribution in [3.8, 4) is 0 Å². The van der Waals surface area contributed by atoms with Crippen LogP contribution in [0.1, 0.15) is 43.2 Å². The summed E-state index contributed by atoms with van der Waals surface area (Å²) >= 11 is 0. The third-order valence-electron chi connectivity index (χ3n) is 5.50. The third kappa shape index (κ3) is 4.67. The molecule has 2 saturated carbocycles. The van der Waals surface area contributed by atoms with Gasteiger partial charge in [-0.05, 0) is 55.2 Å². The predicted octanol–water partition coefficient (Wildman–Crippen LogP) is 3.90. The molecular weight excluding hydrogens is 353 g/mol.